The van der Waals surface area contributed by atoms with Gasteiger partial charge in [-0.1, -0.05) is 34.9 Å². The summed E-state index contributed by atoms with van der Waals surface area (Å²) in [5.74, 6) is 0. The van der Waals surface area contributed by atoms with Crippen molar-refractivity contribution in [3.8, 4) is 0 Å². The van der Waals surface area contributed by atoms with Gasteiger partial charge in [-0.3, -0.25) is 20.8 Å². The lowest BCUT2D eigenvalue weighted by atomic mass is 10.3. The van der Waals surface area contributed by atoms with Gasteiger partial charge in [0.05, 0.1) is 0 Å². The van der Waals surface area contributed by atoms with Crippen molar-refractivity contribution in [2.75, 3.05) is 20.9 Å². The van der Waals surface area contributed by atoms with E-state index in [1.165, 1.54) is 24.3 Å². The van der Waals surface area contributed by atoms with E-state index in [2.05, 4.69) is 10.2 Å². The highest BCUT2D eigenvalue weighted by molar-refractivity contribution is 8.03. The molecule has 17 heteroatoms. The van der Waals surface area contributed by atoms with Crippen LogP contribution in [-0.2, 0) is 0 Å². The second-order valence-corrected chi connectivity index (χ2v) is 8.99. The van der Waals surface area contributed by atoms with Gasteiger partial charge in [-0.2, -0.15) is 0 Å². The van der Waals surface area contributed by atoms with Gasteiger partial charge in [0.25, 0.3) is 0 Å². The molecule has 3 rings (SSSR count). The zero-order chi connectivity index (χ0) is 22.7. The maximum absolute atomic E-state index is 10.9. The third kappa shape index (κ3) is 5.64. The molecule has 1 aromatic heterocycles. The highest BCUT2D eigenvalue weighted by Gasteiger charge is 2.16. The smallest absolute Gasteiger partial charge is 0.179 e. The molecule has 0 radical (unpaired) electrons. The lowest BCUT2D eigenvalue weighted by Gasteiger charge is -2.37. The number of hydrogen-bond donors (Lipinski definition) is 4. The van der Waals surface area contributed by atoms with Crippen LogP contribution in [0.4, 0.5) is 22.7 Å². The van der Waals surface area contributed by atoms with Crippen LogP contribution in [0.3, 0.4) is 0 Å². The molecule has 0 bridgehead atoms. The van der Waals surface area contributed by atoms with Gasteiger partial charge >= 0.3 is 0 Å². The molecular formula is C14H10N6O8S3-4. The van der Waals surface area contributed by atoms with E-state index in [0.717, 1.165) is 47.0 Å². The minimum absolute atomic E-state index is 0.238. The minimum Gasteiger partial charge on any atom is -0.769 e. The normalized spacial score (nSPS) is 10.8. The molecule has 0 amide bonds. The van der Waals surface area contributed by atoms with Crippen molar-refractivity contribution in [3.63, 3.8) is 0 Å². The summed E-state index contributed by atoms with van der Waals surface area (Å²) < 4.78 is 0.681. The molecule has 0 fully saturated rings. The van der Waals surface area contributed by atoms with E-state index < -0.39 is 10.5 Å². The molecule has 0 aliphatic heterocycles. The Bertz CT molecular complexity index is 971. The van der Waals surface area contributed by atoms with Crippen molar-refractivity contribution in [1.29, 1.82) is 0 Å². The predicted molar refractivity (Wildman–Crippen MR) is 112 cm³/mol. The second-order valence-electron chi connectivity index (χ2n) is 5.44. The summed E-state index contributed by atoms with van der Waals surface area (Å²) in [5.41, 5.74) is -1.16. The Morgan fingerprint density at radius 1 is 0.677 bits per heavy atom. The van der Waals surface area contributed by atoms with E-state index in [1.807, 2.05) is 0 Å². The molecule has 0 saturated carbocycles. The van der Waals surface area contributed by atoms with Gasteiger partial charge < -0.3 is 31.3 Å². The molecular weight excluding hydrogens is 476 g/mol. The molecule has 0 spiro atoms. The van der Waals surface area contributed by atoms with E-state index in [9.17, 15) is 41.7 Å². The average Bonchev–Trinajstić information content (AvgIpc) is 3.14. The van der Waals surface area contributed by atoms with Gasteiger partial charge in [-0.25, -0.2) is 0 Å². The Kier molecular flexibility index (Phi) is 7.35. The fourth-order valence-electron chi connectivity index (χ4n) is 2.19. The Morgan fingerprint density at radius 3 is 1.39 bits per heavy atom. The number of rotatable bonds is 8. The van der Waals surface area contributed by atoms with Crippen molar-refractivity contribution in [1.82, 2.24) is 10.2 Å². The summed E-state index contributed by atoms with van der Waals surface area (Å²) in [6.45, 7) is 0. The van der Waals surface area contributed by atoms with Gasteiger partial charge in [0, 0.05) is 21.2 Å². The van der Waals surface area contributed by atoms with Gasteiger partial charge in [0.15, 0.2) is 8.68 Å². The van der Waals surface area contributed by atoms with Gasteiger partial charge in [0.2, 0.25) is 0 Å². The number of hydrogen-bond acceptors (Lipinski definition) is 17. The number of benzene rings is 2. The standard InChI is InChI=1S/C14H10N6O8S3/c21-17(22)7-1-3-11(9(5-7)19(25)26)29-13-15-16-14(31-13)30-12-4-2-8(18(23)24)6-10(12)20(27)28/h1-6,25-28H/q-4. The highest BCUT2D eigenvalue weighted by atomic mass is 32.2. The Labute approximate surface area is 185 Å². The fraction of sp³-hybridized carbons (Fsp3) is 0. The molecule has 0 atom stereocenters. The average molecular weight is 486 g/mol. The lowest BCUT2D eigenvalue weighted by Crippen LogP contribution is -2.13. The van der Waals surface area contributed by atoms with Crippen LogP contribution in [0.1, 0.15) is 0 Å². The van der Waals surface area contributed by atoms with Crippen LogP contribution >= 0.6 is 34.9 Å². The lowest BCUT2D eigenvalue weighted by molar-refractivity contribution is 0.0271. The molecule has 4 N–H and O–H groups in total. The van der Waals surface area contributed by atoms with Crippen molar-refractivity contribution in [2.45, 2.75) is 18.5 Å². The van der Waals surface area contributed by atoms with E-state index in [-0.39, 0.29) is 43.0 Å². The van der Waals surface area contributed by atoms with Crippen molar-refractivity contribution in [2.24, 2.45) is 0 Å². The van der Waals surface area contributed by atoms with Gasteiger partial charge in [-0.05, 0) is 36.4 Å². The molecule has 0 aliphatic rings. The summed E-state index contributed by atoms with van der Waals surface area (Å²) in [7, 11) is 0. The van der Waals surface area contributed by atoms with Crippen LogP contribution in [0.15, 0.2) is 54.9 Å². The van der Waals surface area contributed by atoms with Crippen LogP contribution in [0.2, 0.25) is 0 Å². The van der Waals surface area contributed by atoms with E-state index in [0.29, 0.717) is 8.68 Å². The van der Waals surface area contributed by atoms with E-state index >= 15 is 0 Å². The zero-order valence-electron chi connectivity index (χ0n) is 14.8. The first-order chi connectivity index (χ1) is 14.7. The molecule has 0 saturated heterocycles. The summed E-state index contributed by atoms with van der Waals surface area (Å²) in [6, 6.07) is 6.95. The molecule has 2 aromatic carbocycles. The molecule has 0 aliphatic carbocycles. The quantitative estimate of drug-likeness (QED) is 0.335. The summed E-state index contributed by atoms with van der Waals surface area (Å²) in [4.78, 5) is 0.493. The molecule has 0 unspecified atom stereocenters. The van der Waals surface area contributed by atoms with Crippen molar-refractivity contribution < 1.29 is 20.8 Å². The maximum atomic E-state index is 10.9. The largest absolute Gasteiger partial charge is 0.769 e. The van der Waals surface area contributed by atoms with Crippen molar-refractivity contribution in [3.05, 3.63) is 57.2 Å². The Balaban J connectivity index is 1.82. The first kappa shape index (κ1) is 23.2. The van der Waals surface area contributed by atoms with Crippen LogP contribution in [0.5, 0.6) is 0 Å². The topological polar surface area (TPSA) is 212 Å². The van der Waals surface area contributed by atoms with Crippen LogP contribution < -0.4 is 20.9 Å². The third-order valence-corrected chi connectivity index (χ3v) is 6.68. The van der Waals surface area contributed by atoms with Gasteiger partial charge in [0.1, 0.15) is 11.4 Å². The molecule has 31 heavy (non-hydrogen) atoms. The Morgan fingerprint density at radius 2 is 1.06 bits per heavy atom. The zero-order valence-corrected chi connectivity index (χ0v) is 17.2. The number of nitrogens with zero attached hydrogens (tertiary/aromatic N) is 6. The number of aromatic nitrogens is 2. The van der Waals surface area contributed by atoms with E-state index in [4.69, 9.17) is 0 Å². The van der Waals surface area contributed by atoms with Crippen LogP contribution in [-0.4, -0.2) is 31.0 Å². The molecule has 3 aromatic rings. The second kappa shape index (κ2) is 9.80. The van der Waals surface area contributed by atoms with Crippen LogP contribution in [0.25, 0.3) is 0 Å². The van der Waals surface area contributed by atoms with Gasteiger partial charge in [-0.15, -0.1) is 20.7 Å². The third-order valence-electron chi connectivity index (χ3n) is 3.52. The molecule has 166 valence electrons. The number of anilines is 4. The van der Waals surface area contributed by atoms with Crippen molar-refractivity contribution >= 4 is 57.6 Å². The van der Waals surface area contributed by atoms with E-state index in [1.54, 1.807) is 0 Å². The highest BCUT2D eigenvalue weighted by Crippen LogP contribution is 2.42. The molecule has 14 nitrogen and oxygen atoms in total. The van der Waals surface area contributed by atoms with Crippen LogP contribution in [0, 0.1) is 20.8 Å². The first-order valence-electron chi connectivity index (χ1n) is 7.77. The predicted octanol–water partition coefficient (Wildman–Crippen LogP) is 3.61. The SMILES string of the molecule is [O-]N([O-])c1ccc(Sc2nnc(Sc3ccc(N([O-])[O-])cc3N(O)O)s2)c(N(O)O)c1. The Hall–Kier alpha value is -2.42. The summed E-state index contributed by atoms with van der Waals surface area (Å²) >= 11 is 2.98. The minimum atomic E-state index is -0.686. The molecule has 1 heterocycles. The summed E-state index contributed by atoms with van der Waals surface area (Å²) in [5, 5.41) is 86.9. The first-order valence-corrected chi connectivity index (χ1v) is 10.2. The maximum Gasteiger partial charge on any atom is 0.179 e. The fourth-order valence-corrected chi connectivity index (χ4v) is 5.31. The summed E-state index contributed by atoms with van der Waals surface area (Å²) in [6.07, 6.45) is 0. The monoisotopic (exact) mass is 486 g/mol.